The van der Waals surface area contributed by atoms with E-state index in [2.05, 4.69) is 20.9 Å². The van der Waals surface area contributed by atoms with Gasteiger partial charge in [-0.2, -0.15) is 0 Å². The van der Waals surface area contributed by atoms with Gasteiger partial charge in [0.25, 0.3) is 0 Å². The molecular formula is C13H14BrN3O3S. The number of halogens is 1. The summed E-state index contributed by atoms with van der Waals surface area (Å²) in [4.78, 5) is 18.3. The number of thiazole rings is 1. The van der Waals surface area contributed by atoms with E-state index >= 15 is 0 Å². The Bertz CT molecular complexity index is 675. The highest BCUT2D eigenvalue weighted by Crippen LogP contribution is 2.41. The first-order valence-corrected chi connectivity index (χ1v) is 7.52. The number of carbonyl (C=O) groups excluding carboxylic acids is 1. The molecule has 1 aromatic heterocycles. The molecule has 0 aliphatic heterocycles. The van der Waals surface area contributed by atoms with Crippen molar-refractivity contribution < 1.29 is 14.3 Å². The van der Waals surface area contributed by atoms with Gasteiger partial charge in [-0.3, -0.25) is 0 Å². The molecular weight excluding hydrogens is 358 g/mol. The Morgan fingerprint density at radius 1 is 1.33 bits per heavy atom. The van der Waals surface area contributed by atoms with Gasteiger partial charge in [-0.15, -0.1) is 11.3 Å². The van der Waals surface area contributed by atoms with Crippen LogP contribution >= 0.6 is 27.3 Å². The third-order valence-electron chi connectivity index (χ3n) is 2.71. The maximum Gasteiger partial charge on any atom is 0.325 e. The number of aromatic nitrogens is 1. The van der Waals surface area contributed by atoms with Crippen LogP contribution in [0.15, 0.2) is 22.8 Å². The van der Waals surface area contributed by atoms with Gasteiger partial charge in [0.05, 0.1) is 24.4 Å². The van der Waals surface area contributed by atoms with Gasteiger partial charge in [0.2, 0.25) is 0 Å². The second-order valence-electron chi connectivity index (χ2n) is 4.09. The quantitative estimate of drug-likeness (QED) is 0.892. The zero-order valence-electron chi connectivity index (χ0n) is 11.7. The average Bonchev–Trinajstić information content (AvgIpc) is 2.85. The molecule has 0 aliphatic rings. The summed E-state index contributed by atoms with van der Waals surface area (Å²) in [5.41, 5.74) is 6.00. The lowest BCUT2D eigenvalue weighted by Gasteiger charge is -2.21. The predicted molar refractivity (Wildman–Crippen MR) is 85.8 cm³/mol. The van der Waals surface area contributed by atoms with Gasteiger partial charge < -0.3 is 15.2 Å². The predicted octanol–water partition coefficient (Wildman–Crippen LogP) is 3.45. The molecule has 2 N–H and O–H groups in total. The second-order valence-corrected chi connectivity index (χ2v) is 6.15. The van der Waals surface area contributed by atoms with Crippen LogP contribution < -0.4 is 20.1 Å². The Morgan fingerprint density at radius 2 is 2.00 bits per heavy atom. The lowest BCUT2D eigenvalue weighted by molar-refractivity contribution is 0.256. The average molecular weight is 372 g/mol. The first-order chi connectivity index (χ1) is 9.97. The van der Waals surface area contributed by atoms with Gasteiger partial charge in [0.1, 0.15) is 11.5 Å². The first kappa shape index (κ1) is 15.6. The van der Waals surface area contributed by atoms with Crippen molar-refractivity contribution >= 4 is 44.1 Å². The van der Waals surface area contributed by atoms with Crippen molar-refractivity contribution in [2.24, 2.45) is 5.73 Å². The molecule has 1 heterocycles. The molecule has 0 aliphatic carbocycles. The number of ether oxygens (including phenoxy) is 2. The van der Waals surface area contributed by atoms with Gasteiger partial charge in [0, 0.05) is 17.1 Å². The summed E-state index contributed by atoms with van der Waals surface area (Å²) in [5, 5.41) is 0.482. The van der Waals surface area contributed by atoms with E-state index in [1.54, 1.807) is 25.4 Å². The van der Waals surface area contributed by atoms with Crippen LogP contribution in [0, 0.1) is 6.92 Å². The molecule has 8 heteroatoms. The van der Waals surface area contributed by atoms with Crippen LogP contribution in [0.4, 0.5) is 15.6 Å². The number of benzene rings is 1. The van der Waals surface area contributed by atoms with Gasteiger partial charge in [-0.25, -0.2) is 14.7 Å². The molecule has 0 saturated carbocycles. The number of amides is 2. The number of carbonyl (C=O) groups is 1. The molecule has 2 amide bonds. The fourth-order valence-corrected chi connectivity index (χ4v) is 3.05. The molecule has 0 fully saturated rings. The van der Waals surface area contributed by atoms with Crippen LogP contribution in [-0.2, 0) is 0 Å². The molecule has 0 radical (unpaired) electrons. The topological polar surface area (TPSA) is 77.7 Å². The molecule has 112 valence electrons. The normalized spacial score (nSPS) is 10.3. The third kappa shape index (κ3) is 3.11. The van der Waals surface area contributed by atoms with E-state index in [1.165, 1.54) is 23.3 Å². The van der Waals surface area contributed by atoms with Crippen molar-refractivity contribution in [1.82, 2.24) is 4.98 Å². The monoisotopic (exact) mass is 371 g/mol. The summed E-state index contributed by atoms with van der Waals surface area (Å²) in [5.74, 6) is 1.05. The van der Waals surface area contributed by atoms with Crippen LogP contribution in [0.1, 0.15) is 4.88 Å². The Morgan fingerprint density at radius 3 is 2.48 bits per heavy atom. The minimum absolute atomic E-state index is 0.460. The number of nitrogens with zero attached hydrogens (tertiary/aromatic N) is 2. The molecule has 0 unspecified atom stereocenters. The maximum atomic E-state index is 11.9. The van der Waals surface area contributed by atoms with Crippen LogP contribution in [0.2, 0.25) is 0 Å². The van der Waals surface area contributed by atoms with Gasteiger partial charge >= 0.3 is 6.03 Å². The minimum Gasteiger partial charge on any atom is -0.495 e. The van der Waals surface area contributed by atoms with Crippen LogP contribution in [-0.4, -0.2) is 25.2 Å². The van der Waals surface area contributed by atoms with E-state index < -0.39 is 6.03 Å². The van der Waals surface area contributed by atoms with Gasteiger partial charge in [0.15, 0.2) is 5.13 Å². The zero-order chi connectivity index (χ0) is 15.6. The number of hydrogen-bond acceptors (Lipinski definition) is 5. The minimum atomic E-state index is -0.639. The standard InChI is InChI=1S/C13H14BrN3O3S/c1-7-6-16-13(21-7)17(12(15)18)9-4-8(14)10(19-2)5-11(9)20-3/h4-6H,1-3H3,(H2,15,18). The summed E-state index contributed by atoms with van der Waals surface area (Å²) in [6, 6.07) is 2.74. The van der Waals surface area contributed by atoms with Crippen LogP contribution in [0.3, 0.4) is 0 Å². The Kier molecular flexibility index (Phi) is 4.69. The number of rotatable bonds is 4. The first-order valence-electron chi connectivity index (χ1n) is 5.91. The molecule has 1 aromatic carbocycles. The fraction of sp³-hybridized carbons (Fsp3) is 0.231. The largest absolute Gasteiger partial charge is 0.495 e. The van der Waals surface area contributed by atoms with E-state index in [4.69, 9.17) is 15.2 Å². The molecule has 6 nitrogen and oxygen atoms in total. The third-order valence-corrected chi connectivity index (χ3v) is 4.23. The second kappa shape index (κ2) is 6.31. The fourth-order valence-electron chi connectivity index (χ4n) is 1.78. The van der Waals surface area contributed by atoms with Crippen molar-refractivity contribution in [3.05, 3.63) is 27.7 Å². The maximum absolute atomic E-state index is 11.9. The Hall–Kier alpha value is -1.80. The summed E-state index contributed by atoms with van der Waals surface area (Å²) >= 11 is 4.76. The number of primary amides is 1. The van der Waals surface area contributed by atoms with Crippen molar-refractivity contribution in [2.45, 2.75) is 6.92 Å². The van der Waals surface area contributed by atoms with Crippen molar-refractivity contribution in [2.75, 3.05) is 19.1 Å². The molecule has 0 atom stereocenters. The van der Waals surface area contributed by atoms with Crippen LogP contribution in [0.25, 0.3) is 0 Å². The van der Waals surface area contributed by atoms with E-state index in [-0.39, 0.29) is 0 Å². The highest BCUT2D eigenvalue weighted by Gasteiger charge is 2.23. The highest BCUT2D eigenvalue weighted by atomic mass is 79.9. The van der Waals surface area contributed by atoms with Gasteiger partial charge in [-0.1, -0.05) is 0 Å². The Labute approximate surface area is 134 Å². The molecule has 21 heavy (non-hydrogen) atoms. The summed E-state index contributed by atoms with van der Waals surface area (Å²) in [6.45, 7) is 1.90. The smallest absolute Gasteiger partial charge is 0.325 e. The highest BCUT2D eigenvalue weighted by molar-refractivity contribution is 9.10. The van der Waals surface area contributed by atoms with Crippen LogP contribution in [0.5, 0.6) is 11.5 Å². The van der Waals surface area contributed by atoms with Crippen molar-refractivity contribution in [3.8, 4) is 11.5 Å². The number of methoxy groups -OCH3 is 2. The number of hydrogen-bond donors (Lipinski definition) is 1. The summed E-state index contributed by atoms with van der Waals surface area (Å²) in [6.07, 6.45) is 1.68. The molecule has 0 saturated heterocycles. The summed E-state index contributed by atoms with van der Waals surface area (Å²) in [7, 11) is 3.06. The molecule has 2 aromatic rings. The van der Waals surface area contributed by atoms with E-state index in [9.17, 15) is 4.79 Å². The van der Waals surface area contributed by atoms with E-state index in [0.717, 1.165) is 4.88 Å². The number of urea groups is 1. The lowest BCUT2D eigenvalue weighted by atomic mass is 10.2. The van der Waals surface area contributed by atoms with E-state index in [0.29, 0.717) is 26.8 Å². The summed E-state index contributed by atoms with van der Waals surface area (Å²) < 4.78 is 11.2. The Balaban J connectivity index is 2.60. The molecule has 0 spiro atoms. The zero-order valence-corrected chi connectivity index (χ0v) is 14.1. The van der Waals surface area contributed by atoms with Crippen molar-refractivity contribution in [1.29, 1.82) is 0 Å². The lowest BCUT2D eigenvalue weighted by Crippen LogP contribution is -2.31. The van der Waals surface area contributed by atoms with Crippen molar-refractivity contribution in [3.63, 3.8) is 0 Å². The SMILES string of the molecule is COc1cc(OC)c(N(C(N)=O)c2ncc(C)s2)cc1Br. The molecule has 0 bridgehead atoms. The number of anilines is 2. The number of aryl methyl sites for hydroxylation is 1. The van der Waals surface area contributed by atoms with Gasteiger partial charge in [-0.05, 0) is 28.9 Å². The van der Waals surface area contributed by atoms with E-state index in [1.807, 2.05) is 6.92 Å². The number of nitrogens with two attached hydrogens (primary N) is 1. The molecule has 2 rings (SSSR count).